The average Bonchev–Trinajstić information content (AvgIpc) is 2.49. The standard InChI is InChI=1S/C18H23NO3/c1-3-13-8-15-14(11-19-6-4-12(2)5-7-19)9-18(21)22-17(15)10-16(13)20/h8-10,12,20H,3-7,11H2,1-2H3/p+1. The fourth-order valence-electron chi connectivity index (χ4n) is 3.35. The fourth-order valence-corrected chi connectivity index (χ4v) is 3.35. The minimum absolute atomic E-state index is 0.203. The Bertz CT molecular complexity index is 727. The highest BCUT2D eigenvalue weighted by atomic mass is 16.4. The van der Waals surface area contributed by atoms with E-state index >= 15 is 0 Å². The molecule has 0 saturated carbocycles. The van der Waals surface area contributed by atoms with Crippen LogP contribution in [0.2, 0.25) is 0 Å². The zero-order valence-corrected chi connectivity index (χ0v) is 13.3. The number of fused-ring (bicyclic) bond motifs is 1. The number of rotatable bonds is 3. The largest absolute Gasteiger partial charge is 0.508 e. The van der Waals surface area contributed by atoms with Crippen molar-refractivity contribution in [2.24, 2.45) is 5.92 Å². The Hall–Kier alpha value is -1.81. The van der Waals surface area contributed by atoms with Crippen molar-refractivity contribution < 1.29 is 14.4 Å². The highest BCUT2D eigenvalue weighted by Crippen LogP contribution is 2.26. The number of nitrogens with one attached hydrogen (secondary N) is 1. The van der Waals surface area contributed by atoms with Crippen molar-refractivity contribution in [2.45, 2.75) is 39.7 Å². The molecule has 0 bridgehead atoms. The number of likely N-dealkylation sites (tertiary alicyclic amines) is 1. The van der Waals surface area contributed by atoms with E-state index in [0.717, 1.165) is 48.5 Å². The van der Waals surface area contributed by atoms with Gasteiger partial charge in [-0.05, 0) is 36.8 Å². The molecular weight excluding hydrogens is 278 g/mol. The lowest BCUT2D eigenvalue weighted by Crippen LogP contribution is -3.11. The number of aryl methyl sites for hydroxylation is 1. The lowest BCUT2D eigenvalue weighted by atomic mass is 9.98. The number of quaternary nitrogens is 1. The summed E-state index contributed by atoms with van der Waals surface area (Å²) < 4.78 is 5.26. The van der Waals surface area contributed by atoms with E-state index in [-0.39, 0.29) is 11.4 Å². The molecular formula is C18H24NO3+. The second-order valence-corrected chi connectivity index (χ2v) is 6.53. The molecule has 0 amide bonds. The zero-order valence-electron chi connectivity index (χ0n) is 13.3. The van der Waals surface area contributed by atoms with Gasteiger partial charge in [-0.25, -0.2) is 4.79 Å². The van der Waals surface area contributed by atoms with Crippen LogP contribution in [0.3, 0.4) is 0 Å². The normalized spacial score (nSPS) is 22.1. The summed E-state index contributed by atoms with van der Waals surface area (Å²) >= 11 is 0. The maximum absolute atomic E-state index is 11.8. The topological polar surface area (TPSA) is 54.9 Å². The lowest BCUT2D eigenvalue weighted by Gasteiger charge is -2.27. The summed E-state index contributed by atoms with van der Waals surface area (Å²) in [6, 6.07) is 5.16. The van der Waals surface area contributed by atoms with Gasteiger partial charge in [0.05, 0.1) is 13.1 Å². The molecule has 2 aromatic rings. The third kappa shape index (κ3) is 3.02. The number of hydrogen-bond acceptors (Lipinski definition) is 3. The summed E-state index contributed by atoms with van der Waals surface area (Å²) in [5.41, 5.74) is 2.08. The Morgan fingerprint density at radius 2 is 1.95 bits per heavy atom. The predicted molar refractivity (Wildman–Crippen MR) is 86.3 cm³/mol. The van der Waals surface area contributed by atoms with Crippen molar-refractivity contribution in [3.63, 3.8) is 0 Å². The molecule has 1 aliphatic heterocycles. The van der Waals surface area contributed by atoms with Crippen LogP contribution in [0.25, 0.3) is 11.0 Å². The van der Waals surface area contributed by atoms with Gasteiger partial charge in [0.2, 0.25) is 0 Å². The first-order valence-corrected chi connectivity index (χ1v) is 8.19. The first-order valence-electron chi connectivity index (χ1n) is 8.19. The molecule has 1 aliphatic rings. The predicted octanol–water partition coefficient (Wildman–Crippen LogP) is 1.88. The Kier molecular flexibility index (Phi) is 4.21. The van der Waals surface area contributed by atoms with E-state index in [4.69, 9.17) is 4.42 Å². The van der Waals surface area contributed by atoms with E-state index in [0.29, 0.717) is 5.58 Å². The number of benzene rings is 1. The molecule has 22 heavy (non-hydrogen) atoms. The van der Waals surface area contributed by atoms with Gasteiger partial charge in [0, 0.05) is 23.1 Å². The molecule has 0 radical (unpaired) electrons. The van der Waals surface area contributed by atoms with Crippen LogP contribution in [0.5, 0.6) is 5.75 Å². The smallest absolute Gasteiger partial charge is 0.336 e. The SMILES string of the molecule is CCc1cc2c(C[NH+]3CCC(C)CC3)cc(=O)oc2cc1O. The molecule has 0 atom stereocenters. The van der Waals surface area contributed by atoms with Gasteiger partial charge in [0.15, 0.2) is 0 Å². The van der Waals surface area contributed by atoms with Crippen molar-refractivity contribution in [3.8, 4) is 5.75 Å². The van der Waals surface area contributed by atoms with Crippen molar-refractivity contribution in [1.82, 2.24) is 0 Å². The number of aromatic hydroxyl groups is 1. The Morgan fingerprint density at radius 3 is 2.64 bits per heavy atom. The van der Waals surface area contributed by atoms with Crippen LogP contribution in [0.15, 0.2) is 27.4 Å². The molecule has 1 saturated heterocycles. The molecule has 2 N–H and O–H groups in total. The Balaban J connectivity index is 1.98. The molecule has 0 unspecified atom stereocenters. The average molecular weight is 302 g/mol. The highest BCUT2D eigenvalue weighted by molar-refractivity contribution is 5.82. The van der Waals surface area contributed by atoms with E-state index in [9.17, 15) is 9.90 Å². The summed E-state index contributed by atoms with van der Waals surface area (Å²) in [7, 11) is 0. The summed E-state index contributed by atoms with van der Waals surface area (Å²) in [6.07, 6.45) is 3.25. The Morgan fingerprint density at radius 1 is 1.23 bits per heavy atom. The fraction of sp³-hybridized carbons (Fsp3) is 0.500. The van der Waals surface area contributed by atoms with Gasteiger partial charge in [-0.1, -0.05) is 13.8 Å². The summed E-state index contributed by atoms with van der Waals surface area (Å²) in [6.45, 7) is 7.47. The first-order chi connectivity index (χ1) is 10.6. The van der Waals surface area contributed by atoms with Crippen LogP contribution < -0.4 is 10.5 Å². The second-order valence-electron chi connectivity index (χ2n) is 6.53. The third-order valence-electron chi connectivity index (χ3n) is 4.83. The minimum atomic E-state index is -0.337. The van der Waals surface area contributed by atoms with E-state index in [1.807, 2.05) is 13.0 Å². The van der Waals surface area contributed by atoms with Crippen LogP contribution in [-0.4, -0.2) is 18.2 Å². The molecule has 118 valence electrons. The van der Waals surface area contributed by atoms with Gasteiger partial charge in [-0.15, -0.1) is 0 Å². The van der Waals surface area contributed by atoms with Crippen molar-refractivity contribution in [2.75, 3.05) is 13.1 Å². The van der Waals surface area contributed by atoms with Gasteiger partial charge in [0.1, 0.15) is 17.9 Å². The molecule has 1 aromatic carbocycles. The van der Waals surface area contributed by atoms with Crippen molar-refractivity contribution in [3.05, 3.63) is 39.7 Å². The molecule has 4 heteroatoms. The third-order valence-corrected chi connectivity index (χ3v) is 4.83. The van der Waals surface area contributed by atoms with Crippen LogP contribution in [-0.2, 0) is 13.0 Å². The van der Waals surface area contributed by atoms with Gasteiger partial charge in [-0.2, -0.15) is 0 Å². The van der Waals surface area contributed by atoms with Gasteiger partial charge in [0.25, 0.3) is 0 Å². The van der Waals surface area contributed by atoms with Crippen molar-refractivity contribution in [1.29, 1.82) is 0 Å². The van der Waals surface area contributed by atoms with Gasteiger partial charge >= 0.3 is 5.63 Å². The molecule has 2 heterocycles. The number of hydrogen-bond donors (Lipinski definition) is 2. The highest BCUT2D eigenvalue weighted by Gasteiger charge is 2.20. The molecule has 1 aromatic heterocycles. The van der Waals surface area contributed by atoms with E-state index in [1.54, 1.807) is 12.1 Å². The van der Waals surface area contributed by atoms with Crippen LogP contribution >= 0.6 is 0 Å². The van der Waals surface area contributed by atoms with Gasteiger partial charge in [-0.3, -0.25) is 0 Å². The number of piperidine rings is 1. The van der Waals surface area contributed by atoms with E-state index < -0.39 is 0 Å². The van der Waals surface area contributed by atoms with E-state index in [2.05, 4.69) is 6.92 Å². The quantitative estimate of drug-likeness (QED) is 0.851. The van der Waals surface area contributed by atoms with Crippen LogP contribution in [0.4, 0.5) is 0 Å². The lowest BCUT2D eigenvalue weighted by molar-refractivity contribution is -0.919. The van der Waals surface area contributed by atoms with E-state index in [1.165, 1.54) is 17.7 Å². The number of phenolic OH excluding ortho intramolecular Hbond substituents is 1. The molecule has 0 aliphatic carbocycles. The second kappa shape index (κ2) is 6.13. The Labute approximate surface area is 130 Å². The zero-order chi connectivity index (χ0) is 15.7. The van der Waals surface area contributed by atoms with Crippen LogP contribution in [0, 0.1) is 5.92 Å². The first kappa shape index (κ1) is 15.1. The van der Waals surface area contributed by atoms with Crippen LogP contribution in [0.1, 0.15) is 37.8 Å². The summed E-state index contributed by atoms with van der Waals surface area (Å²) in [4.78, 5) is 13.3. The summed E-state index contributed by atoms with van der Waals surface area (Å²) in [5.74, 6) is 1.01. The maximum atomic E-state index is 11.8. The monoisotopic (exact) mass is 302 g/mol. The molecule has 0 spiro atoms. The maximum Gasteiger partial charge on any atom is 0.336 e. The van der Waals surface area contributed by atoms with Gasteiger partial charge < -0.3 is 14.4 Å². The molecule has 3 rings (SSSR count). The van der Waals surface area contributed by atoms with Crippen molar-refractivity contribution >= 4 is 11.0 Å². The molecule has 1 fully saturated rings. The summed E-state index contributed by atoms with van der Waals surface area (Å²) in [5, 5.41) is 10.9. The molecule has 4 nitrogen and oxygen atoms in total. The minimum Gasteiger partial charge on any atom is -0.508 e. The number of phenols is 1.